The van der Waals surface area contributed by atoms with Crippen LogP contribution in [-0.4, -0.2) is 46.1 Å². The molecule has 1 saturated heterocycles. The van der Waals surface area contributed by atoms with Crippen molar-refractivity contribution in [3.05, 3.63) is 65.5 Å². The van der Waals surface area contributed by atoms with Crippen molar-refractivity contribution in [3.8, 4) is 0 Å². The molecule has 2 heterocycles. The van der Waals surface area contributed by atoms with Gasteiger partial charge in [0.25, 0.3) is 5.91 Å². The summed E-state index contributed by atoms with van der Waals surface area (Å²) in [6.45, 7) is 2.77. The molecule has 0 bridgehead atoms. The first kappa shape index (κ1) is 16.1. The van der Waals surface area contributed by atoms with Crippen molar-refractivity contribution >= 4 is 11.9 Å². The minimum Gasteiger partial charge on any atom is -0.478 e. The monoisotopic (exact) mass is 326 g/mol. The van der Waals surface area contributed by atoms with Gasteiger partial charge in [0.15, 0.2) is 0 Å². The van der Waals surface area contributed by atoms with E-state index < -0.39 is 5.97 Å². The first-order valence-corrected chi connectivity index (χ1v) is 7.73. The van der Waals surface area contributed by atoms with E-state index in [0.29, 0.717) is 13.1 Å². The second-order valence-electron chi connectivity index (χ2n) is 5.79. The molecule has 2 atom stereocenters. The standard InChI is InChI=1S/C18H18N2O4/c1-12-10-20(11-16(24-12)13-5-3-2-4-6-13)17(21)15-9-14(18(22)23)7-8-19-15/h2-9,12,16H,10-11H2,1H3,(H,22,23). The number of pyridine rings is 1. The van der Waals surface area contributed by atoms with Gasteiger partial charge in [-0.25, -0.2) is 4.79 Å². The molecule has 1 fully saturated rings. The maximum absolute atomic E-state index is 12.7. The van der Waals surface area contributed by atoms with Crippen LogP contribution < -0.4 is 0 Å². The number of morpholine rings is 1. The predicted molar refractivity (Wildman–Crippen MR) is 86.8 cm³/mol. The highest BCUT2D eigenvalue weighted by molar-refractivity contribution is 5.95. The Kier molecular flexibility index (Phi) is 4.57. The molecule has 1 aliphatic heterocycles. The third-order valence-electron chi connectivity index (χ3n) is 3.94. The SMILES string of the molecule is CC1CN(C(=O)c2cc(C(=O)O)ccn2)CC(c2ccccc2)O1. The summed E-state index contributed by atoms with van der Waals surface area (Å²) in [6.07, 6.45) is 1.02. The van der Waals surface area contributed by atoms with Gasteiger partial charge in [-0.05, 0) is 24.6 Å². The van der Waals surface area contributed by atoms with Crippen LogP contribution in [0.2, 0.25) is 0 Å². The fourth-order valence-corrected chi connectivity index (χ4v) is 2.81. The fraction of sp³-hybridized carbons (Fsp3) is 0.278. The summed E-state index contributed by atoms with van der Waals surface area (Å²) in [5, 5.41) is 9.06. The van der Waals surface area contributed by atoms with Crippen LogP contribution in [0.15, 0.2) is 48.7 Å². The van der Waals surface area contributed by atoms with Gasteiger partial charge in [0.05, 0.1) is 18.2 Å². The minimum atomic E-state index is -1.08. The minimum absolute atomic E-state index is 0.0502. The third-order valence-corrected chi connectivity index (χ3v) is 3.94. The third kappa shape index (κ3) is 3.44. The number of hydrogen-bond acceptors (Lipinski definition) is 4. The Morgan fingerprint density at radius 3 is 2.67 bits per heavy atom. The van der Waals surface area contributed by atoms with Crippen molar-refractivity contribution in [2.45, 2.75) is 19.1 Å². The number of carbonyl (C=O) groups is 2. The number of hydrogen-bond donors (Lipinski definition) is 1. The average Bonchev–Trinajstić information content (AvgIpc) is 2.61. The molecule has 6 heteroatoms. The Labute approximate surface area is 139 Å². The summed E-state index contributed by atoms with van der Waals surface area (Å²) < 4.78 is 5.94. The number of carboxylic acid groups (broad SMARTS) is 1. The van der Waals surface area contributed by atoms with Crippen LogP contribution in [0, 0.1) is 0 Å². The lowest BCUT2D eigenvalue weighted by Gasteiger charge is -2.37. The highest BCUT2D eigenvalue weighted by Crippen LogP contribution is 2.25. The number of amides is 1. The molecule has 0 spiro atoms. The number of rotatable bonds is 3. The summed E-state index contributed by atoms with van der Waals surface area (Å²) in [5.41, 5.74) is 1.19. The van der Waals surface area contributed by atoms with Crippen LogP contribution in [-0.2, 0) is 4.74 Å². The molecule has 0 aliphatic carbocycles. The highest BCUT2D eigenvalue weighted by atomic mass is 16.5. The van der Waals surface area contributed by atoms with Gasteiger partial charge in [0.1, 0.15) is 11.8 Å². The van der Waals surface area contributed by atoms with E-state index in [2.05, 4.69) is 4.98 Å². The van der Waals surface area contributed by atoms with Crippen molar-refractivity contribution in [3.63, 3.8) is 0 Å². The molecule has 3 rings (SSSR count). The lowest BCUT2D eigenvalue weighted by atomic mass is 10.1. The normalized spacial score (nSPS) is 20.6. The largest absolute Gasteiger partial charge is 0.478 e. The van der Waals surface area contributed by atoms with Gasteiger partial charge < -0.3 is 14.7 Å². The van der Waals surface area contributed by atoms with Crippen LogP contribution in [0.4, 0.5) is 0 Å². The predicted octanol–water partition coefficient (Wildman–Crippen LogP) is 2.38. The first-order chi connectivity index (χ1) is 11.5. The molecule has 6 nitrogen and oxygen atoms in total. The highest BCUT2D eigenvalue weighted by Gasteiger charge is 2.30. The van der Waals surface area contributed by atoms with Gasteiger partial charge in [-0.2, -0.15) is 0 Å². The second kappa shape index (κ2) is 6.80. The molecule has 1 amide bonds. The van der Waals surface area contributed by atoms with Crippen molar-refractivity contribution in [2.75, 3.05) is 13.1 Å². The molecule has 0 radical (unpaired) electrons. The number of aromatic carboxylic acids is 1. The zero-order valence-electron chi connectivity index (χ0n) is 13.3. The van der Waals surface area contributed by atoms with E-state index in [0.717, 1.165) is 5.56 Å². The topological polar surface area (TPSA) is 79.7 Å². The summed E-state index contributed by atoms with van der Waals surface area (Å²) in [7, 11) is 0. The van der Waals surface area contributed by atoms with Gasteiger partial charge in [-0.3, -0.25) is 9.78 Å². The summed E-state index contributed by atoms with van der Waals surface area (Å²) >= 11 is 0. The maximum Gasteiger partial charge on any atom is 0.335 e. The zero-order valence-corrected chi connectivity index (χ0v) is 13.3. The molecule has 2 aromatic rings. The molecular formula is C18H18N2O4. The van der Waals surface area contributed by atoms with E-state index in [-0.39, 0.29) is 29.4 Å². The van der Waals surface area contributed by atoms with Crippen molar-refractivity contribution < 1.29 is 19.4 Å². The van der Waals surface area contributed by atoms with Crippen molar-refractivity contribution in [1.82, 2.24) is 9.88 Å². The Hall–Kier alpha value is -2.73. The molecule has 1 aliphatic rings. The molecule has 2 unspecified atom stereocenters. The number of benzene rings is 1. The van der Waals surface area contributed by atoms with E-state index >= 15 is 0 Å². The number of carboxylic acids is 1. The van der Waals surface area contributed by atoms with Crippen LogP contribution in [0.1, 0.15) is 39.4 Å². The number of nitrogens with zero attached hydrogens (tertiary/aromatic N) is 2. The van der Waals surface area contributed by atoms with Crippen molar-refractivity contribution in [1.29, 1.82) is 0 Å². The van der Waals surface area contributed by atoms with E-state index in [4.69, 9.17) is 9.84 Å². The van der Waals surface area contributed by atoms with Crippen LogP contribution in [0.3, 0.4) is 0 Å². The average molecular weight is 326 g/mol. The summed E-state index contributed by atoms with van der Waals surface area (Å²) in [5.74, 6) is -1.36. The maximum atomic E-state index is 12.7. The molecule has 124 valence electrons. The van der Waals surface area contributed by atoms with Crippen molar-refractivity contribution in [2.24, 2.45) is 0 Å². The Morgan fingerprint density at radius 2 is 1.96 bits per heavy atom. The molecule has 1 aromatic carbocycles. The van der Waals surface area contributed by atoms with Gasteiger partial charge in [0, 0.05) is 12.7 Å². The lowest BCUT2D eigenvalue weighted by molar-refractivity contribution is -0.0692. The Morgan fingerprint density at radius 1 is 1.21 bits per heavy atom. The summed E-state index contributed by atoms with van der Waals surface area (Å²) in [6, 6.07) is 12.4. The smallest absolute Gasteiger partial charge is 0.335 e. The number of carbonyl (C=O) groups excluding carboxylic acids is 1. The van der Waals surface area contributed by atoms with E-state index in [1.54, 1.807) is 4.90 Å². The van der Waals surface area contributed by atoms with Crippen LogP contribution >= 0.6 is 0 Å². The zero-order chi connectivity index (χ0) is 17.1. The first-order valence-electron chi connectivity index (χ1n) is 7.73. The lowest BCUT2D eigenvalue weighted by Crippen LogP contribution is -2.46. The Bertz CT molecular complexity index is 748. The van der Waals surface area contributed by atoms with Crippen LogP contribution in [0.25, 0.3) is 0 Å². The van der Waals surface area contributed by atoms with Gasteiger partial charge >= 0.3 is 5.97 Å². The fourth-order valence-electron chi connectivity index (χ4n) is 2.81. The molecule has 1 N–H and O–H groups in total. The van der Waals surface area contributed by atoms with Gasteiger partial charge in [0.2, 0.25) is 0 Å². The Balaban J connectivity index is 1.81. The molecule has 1 aromatic heterocycles. The quantitative estimate of drug-likeness (QED) is 0.937. The van der Waals surface area contributed by atoms with Crippen LogP contribution in [0.5, 0.6) is 0 Å². The number of ether oxygens (including phenoxy) is 1. The molecule has 24 heavy (non-hydrogen) atoms. The van der Waals surface area contributed by atoms with Gasteiger partial charge in [-0.1, -0.05) is 30.3 Å². The molecular weight excluding hydrogens is 308 g/mol. The van der Waals surface area contributed by atoms with E-state index in [9.17, 15) is 9.59 Å². The summed E-state index contributed by atoms with van der Waals surface area (Å²) in [4.78, 5) is 29.5. The molecule has 0 saturated carbocycles. The number of aromatic nitrogens is 1. The van der Waals surface area contributed by atoms with E-state index in [1.807, 2.05) is 37.3 Å². The van der Waals surface area contributed by atoms with E-state index in [1.165, 1.54) is 18.3 Å². The second-order valence-corrected chi connectivity index (χ2v) is 5.79. The van der Waals surface area contributed by atoms with Gasteiger partial charge in [-0.15, -0.1) is 0 Å².